The van der Waals surface area contributed by atoms with E-state index >= 15 is 0 Å². The standard InChI is InChI=1S/C19H24N4O3S/c1-26-11-5-9-23-10-8-16-15(12-23)18(25)22-19(21-16)27-13-17(24)20-14-6-3-2-4-7-14/h2-4,6-7H,5,8-13H2,1H3,(H,20,24)(H,21,22,25). The first-order valence-corrected chi connectivity index (χ1v) is 9.95. The molecule has 1 aromatic heterocycles. The van der Waals surface area contributed by atoms with E-state index in [1.165, 1.54) is 11.8 Å². The number of carbonyl (C=O) groups excluding carboxylic acids is 1. The van der Waals surface area contributed by atoms with Gasteiger partial charge in [-0.1, -0.05) is 30.0 Å². The molecule has 144 valence electrons. The summed E-state index contributed by atoms with van der Waals surface area (Å²) >= 11 is 1.24. The van der Waals surface area contributed by atoms with Crippen LogP contribution in [0, 0.1) is 0 Å². The Morgan fingerprint density at radius 3 is 2.96 bits per heavy atom. The van der Waals surface area contributed by atoms with Crippen molar-refractivity contribution in [2.24, 2.45) is 0 Å². The predicted octanol–water partition coefficient (Wildman–Crippen LogP) is 1.90. The molecule has 1 aliphatic heterocycles. The summed E-state index contributed by atoms with van der Waals surface area (Å²) in [6.07, 6.45) is 1.69. The van der Waals surface area contributed by atoms with Gasteiger partial charge in [-0.15, -0.1) is 0 Å². The number of para-hydroxylation sites is 1. The fourth-order valence-corrected chi connectivity index (χ4v) is 3.68. The molecule has 0 bridgehead atoms. The van der Waals surface area contributed by atoms with Crippen LogP contribution in [0.4, 0.5) is 5.69 Å². The van der Waals surface area contributed by atoms with E-state index in [0.29, 0.717) is 11.7 Å². The number of aromatic amines is 1. The number of hydrogen-bond donors (Lipinski definition) is 2. The van der Waals surface area contributed by atoms with Crippen molar-refractivity contribution in [3.05, 3.63) is 51.9 Å². The number of benzene rings is 1. The summed E-state index contributed by atoms with van der Waals surface area (Å²) in [6.45, 7) is 3.12. The summed E-state index contributed by atoms with van der Waals surface area (Å²) < 4.78 is 5.08. The third-order valence-corrected chi connectivity index (χ3v) is 5.22. The SMILES string of the molecule is COCCCN1CCc2nc(SCC(=O)Nc3ccccc3)[nH]c(=O)c2C1. The number of methoxy groups -OCH3 is 1. The van der Waals surface area contributed by atoms with E-state index in [1.807, 2.05) is 30.3 Å². The lowest BCUT2D eigenvalue weighted by atomic mass is 10.1. The molecule has 2 aromatic rings. The number of fused-ring (bicyclic) bond motifs is 1. The van der Waals surface area contributed by atoms with Crippen molar-refractivity contribution < 1.29 is 9.53 Å². The Balaban J connectivity index is 1.57. The van der Waals surface area contributed by atoms with Gasteiger partial charge in [0.05, 0.1) is 17.0 Å². The van der Waals surface area contributed by atoms with Crippen molar-refractivity contribution in [1.82, 2.24) is 14.9 Å². The molecule has 0 aliphatic carbocycles. The summed E-state index contributed by atoms with van der Waals surface area (Å²) in [5.41, 5.74) is 2.22. The minimum Gasteiger partial charge on any atom is -0.385 e. The number of rotatable bonds is 8. The van der Waals surface area contributed by atoms with Crippen LogP contribution in [0.3, 0.4) is 0 Å². The van der Waals surface area contributed by atoms with Crippen LogP contribution in [-0.2, 0) is 22.5 Å². The van der Waals surface area contributed by atoms with Crippen LogP contribution in [0.5, 0.6) is 0 Å². The third-order valence-electron chi connectivity index (χ3n) is 4.35. The zero-order chi connectivity index (χ0) is 19.1. The number of nitrogens with one attached hydrogen (secondary N) is 2. The summed E-state index contributed by atoms with van der Waals surface area (Å²) in [7, 11) is 1.69. The van der Waals surface area contributed by atoms with Crippen molar-refractivity contribution in [2.75, 3.05) is 37.9 Å². The molecule has 0 atom stereocenters. The van der Waals surface area contributed by atoms with E-state index in [4.69, 9.17) is 4.74 Å². The molecule has 27 heavy (non-hydrogen) atoms. The second-order valence-electron chi connectivity index (χ2n) is 6.37. The Bertz CT molecular complexity index is 825. The highest BCUT2D eigenvalue weighted by Crippen LogP contribution is 2.18. The Labute approximate surface area is 162 Å². The highest BCUT2D eigenvalue weighted by atomic mass is 32.2. The first kappa shape index (κ1) is 19.6. The Morgan fingerprint density at radius 1 is 1.37 bits per heavy atom. The van der Waals surface area contributed by atoms with E-state index in [0.717, 1.165) is 49.5 Å². The molecular weight excluding hydrogens is 364 g/mol. The topological polar surface area (TPSA) is 87.3 Å². The van der Waals surface area contributed by atoms with Gasteiger partial charge in [0.1, 0.15) is 0 Å². The number of aromatic nitrogens is 2. The Kier molecular flexibility index (Phi) is 7.03. The zero-order valence-corrected chi connectivity index (χ0v) is 16.2. The van der Waals surface area contributed by atoms with Gasteiger partial charge in [0.15, 0.2) is 5.16 Å². The summed E-state index contributed by atoms with van der Waals surface area (Å²) in [6, 6.07) is 9.29. The van der Waals surface area contributed by atoms with Gasteiger partial charge in [-0.25, -0.2) is 4.98 Å². The number of thioether (sulfide) groups is 1. The number of H-pyrrole nitrogens is 1. The van der Waals surface area contributed by atoms with E-state index in [-0.39, 0.29) is 17.2 Å². The average molecular weight is 388 g/mol. The fourth-order valence-electron chi connectivity index (χ4n) is 3.00. The lowest BCUT2D eigenvalue weighted by molar-refractivity contribution is -0.113. The van der Waals surface area contributed by atoms with E-state index in [2.05, 4.69) is 20.2 Å². The number of ether oxygens (including phenoxy) is 1. The van der Waals surface area contributed by atoms with Gasteiger partial charge in [0, 0.05) is 45.5 Å². The van der Waals surface area contributed by atoms with Gasteiger partial charge in [0.25, 0.3) is 5.56 Å². The maximum absolute atomic E-state index is 12.4. The van der Waals surface area contributed by atoms with Crippen molar-refractivity contribution >= 4 is 23.4 Å². The second kappa shape index (κ2) is 9.68. The molecular formula is C19H24N4O3S. The average Bonchev–Trinajstić information content (AvgIpc) is 2.68. The van der Waals surface area contributed by atoms with Gasteiger partial charge in [-0.2, -0.15) is 0 Å². The minimum absolute atomic E-state index is 0.109. The van der Waals surface area contributed by atoms with Crippen LogP contribution in [-0.4, -0.2) is 53.3 Å². The molecule has 1 aromatic carbocycles. The second-order valence-corrected chi connectivity index (χ2v) is 7.34. The van der Waals surface area contributed by atoms with Crippen LogP contribution in [0.15, 0.2) is 40.3 Å². The van der Waals surface area contributed by atoms with Crippen LogP contribution in [0.1, 0.15) is 17.7 Å². The van der Waals surface area contributed by atoms with Gasteiger partial charge >= 0.3 is 0 Å². The molecule has 0 saturated carbocycles. The van der Waals surface area contributed by atoms with Crippen molar-refractivity contribution in [3.8, 4) is 0 Å². The highest BCUT2D eigenvalue weighted by Gasteiger charge is 2.21. The minimum atomic E-state index is -0.129. The molecule has 0 fully saturated rings. The molecule has 7 nitrogen and oxygen atoms in total. The third kappa shape index (κ3) is 5.66. The lowest BCUT2D eigenvalue weighted by Crippen LogP contribution is -2.36. The molecule has 0 spiro atoms. The van der Waals surface area contributed by atoms with Gasteiger partial charge in [-0.3, -0.25) is 14.5 Å². The molecule has 2 N–H and O–H groups in total. The normalized spacial score (nSPS) is 14.0. The van der Waals surface area contributed by atoms with Crippen LogP contribution in [0.25, 0.3) is 0 Å². The van der Waals surface area contributed by atoms with Crippen molar-refractivity contribution in [2.45, 2.75) is 24.5 Å². The van der Waals surface area contributed by atoms with Crippen LogP contribution in [0.2, 0.25) is 0 Å². The maximum atomic E-state index is 12.4. The monoisotopic (exact) mass is 388 g/mol. The molecule has 1 amide bonds. The maximum Gasteiger partial charge on any atom is 0.256 e. The van der Waals surface area contributed by atoms with Crippen LogP contribution < -0.4 is 10.9 Å². The molecule has 3 rings (SSSR count). The predicted molar refractivity (Wildman–Crippen MR) is 106 cm³/mol. The number of hydrogen-bond acceptors (Lipinski definition) is 6. The number of amides is 1. The first-order valence-electron chi connectivity index (χ1n) is 8.97. The quantitative estimate of drug-likeness (QED) is 0.408. The smallest absolute Gasteiger partial charge is 0.256 e. The molecule has 2 heterocycles. The summed E-state index contributed by atoms with van der Waals surface area (Å²) in [4.78, 5) is 34.1. The number of carbonyl (C=O) groups is 1. The number of nitrogens with zero attached hydrogens (tertiary/aromatic N) is 2. The largest absolute Gasteiger partial charge is 0.385 e. The summed E-state index contributed by atoms with van der Waals surface area (Å²) in [5, 5.41) is 3.32. The molecule has 0 radical (unpaired) electrons. The molecule has 1 aliphatic rings. The van der Waals surface area contributed by atoms with Crippen LogP contribution >= 0.6 is 11.8 Å². The van der Waals surface area contributed by atoms with E-state index < -0.39 is 0 Å². The van der Waals surface area contributed by atoms with Gasteiger partial charge in [-0.05, 0) is 18.6 Å². The molecule has 8 heteroatoms. The molecule has 0 saturated heterocycles. The van der Waals surface area contributed by atoms with Crippen molar-refractivity contribution in [3.63, 3.8) is 0 Å². The summed E-state index contributed by atoms with van der Waals surface area (Å²) in [5.74, 6) is 0.0654. The zero-order valence-electron chi connectivity index (χ0n) is 15.4. The van der Waals surface area contributed by atoms with Gasteiger partial charge < -0.3 is 15.0 Å². The number of anilines is 1. The van der Waals surface area contributed by atoms with E-state index in [9.17, 15) is 9.59 Å². The van der Waals surface area contributed by atoms with E-state index in [1.54, 1.807) is 7.11 Å². The highest BCUT2D eigenvalue weighted by molar-refractivity contribution is 7.99. The van der Waals surface area contributed by atoms with Crippen molar-refractivity contribution in [1.29, 1.82) is 0 Å². The first-order chi connectivity index (χ1) is 13.2. The Morgan fingerprint density at radius 2 is 2.19 bits per heavy atom. The Hall–Kier alpha value is -2.16. The van der Waals surface area contributed by atoms with Gasteiger partial charge in [0.2, 0.25) is 5.91 Å². The lowest BCUT2D eigenvalue weighted by Gasteiger charge is -2.27. The fraction of sp³-hybridized carbons (Fsp3) is 0.421. The molecule has 0 unspecified atom stereocenters.